The zero-order valence-corrected chi connectivity index (χ0v) is 12.5. The second-order valence-electron chi connectivity index (χ2n) is 5.49. The third-order valence-corrected chi connectivity index (χ3v) is 4.07. The molecule has 2 aromatic rings. The Morgan fingerprint density at radius 3 is 2.58 bits per heavy atom. The minimum atomic E-state index is -1.30. The molecule has 5 nitrogen and oxygen atoms in total. The predicted molar refractivity (Wildman–Crippen MR) is 80.6 cm³/mol. The number of hydrogen-bond acceptors (Lipinski definition) is 4. The largest absolute Gasteiger partial charge is 0.481 e. The summed E-state index contributed by atoms with van der Waals surface area (Å²) in [6.45, 7) is 0. The average Bonchev–Trinajstić information content (AvgIpc) is 2.86. The van der Waals surface area contributed by atoms with E-state index in [1.54, 1.807) is 12.1 Å². The van der Waals surface area contributed by atoms with Gasteiger partial charge in [-0.1, -0.05) is 18.2 Å². The van der Waals surface area contributed by atoms with Crippen LogP contribution >= 0.6 is 0 Å². The van der Waals surface area contributed by atoms with Crippen molar-refractivity contribution in [3.63, 3.8) is 0 Å². The van der Waals surface area contributed by atoms with Gasteiger partial charge in [-0.15, -0.1) is 0 Å². The number of esters is 1. The number of nitriles is 1. The second kappa shape index (κ2) is 5.78. The predicted octanol–water partition coefficient (Wildman–Crippen LogP) is 2.98. The Bertz CT molecular complexity index is 870. The first kappa shape index (κ1) is 15.7. The SMILES string of the molecule is N#Cc1ccc2c(c1)C(=O)OC2(CCC(=O)O)c1ccc(F)cc1. The molecule has 1 atom stereocenters. The maximum atomic E-state index is 13.2. The second-order valence-corrected chi connectivity index (χ2v) is 5.49. The van der Waals surface area contributed by atoms with E-state index in [1.165, 1.54) is 30.3 Å². The Balaban J connectivity index is 2.18. The van der Waals surface area contributed by atoms with E-state index in [4.69, 9.17) is 15.1 Å². The third kappa shape index (κ3) is 2.50. The molecule has 1 unspecified atom stereocenters. The number of halogens is 1. The van der Waals surface area contributed by atoms with E-state index in [0.717, 1.165) is 0 Å². The summed E-state index contributed by atoms with van der Waals surface area (Å²) in [4.78, 5) is 23.3. The fourth-order valence-corrected chi connectivity index (χ4v) is 2.95. The summed E-state index contributed by atoms with van der Waals surface area (Å²) >= 11 is 0. The number of cyclic esters (lactones) is 1. The summed E-state index contributed by atoms with van der Waals surface area (Å²) in [7, 11) is 0. The average molecular weight is 325 g/mol. The van der Waals surface area contributed by atoms with Gasteiger partial charge in [0.05, 0.1) is 17.2 Å². The first-order chi connectivity index (χ1) is 11.5. The van der Waals surface area contributed by atoms with Crippen LogP contribution in [0.2, 0.25) is 0 Å². The molecule has 0 spiro atoms. The molecule has 0 amide bonds. The van der Waals surface area contributed by atoms with E-state index in [2.05, 4.69) is 0 Å². The number of nitrogens with zero attached hydrogens (tertiary/aromatic N) is 1. The van der Waals surface area contributed by atoms with Gasteiger partial charge in [0, 0.05) is 24.0 Å². The lowest BCUT2D eigenvalue weighted by atomic mass is 9.81. The molecular formula is C18H12FNO4. The number of carbonyl (C=O) groups excluding carboxylic acids is 1. The highest BCUT2D eigenvalue weighted by Gasteiger charge is 2.47. The maximum Gasteiger partial charge on any atom is 0.339 e. The van der Waals surface area contributed by atoms with Gasteiger partial charge >= 0.3 is 11.9 Å². The number of ether oxygens (including phenoxy) is 1. The lowest BCUT2D eigenvalue weighted by molar-refractivity contribution is -0.138. The van der Waals surface area contributed by atoms with Crippen molar-refractivity contribution in [3.05, 3.63) is 70.5 Å². The summed E-state index contributed by atoms with van der Waals surface area (Å²) in [5.41, 5.74) is 0.205. The van der Waals surface area contributed by atoms with Gasteiger partial charge in [0.15, 0.2) is 5.60 Å². The molecule has 0 saturated carbocycles. The van der Waals surface area contributed by atoms with E-state index in [9.17, 15) is 14.0 Å². The fraction of sp³-hybridized carbons (Fsp3) is 0.167. The molecule has 1 aliphatic heterocycles. The smallest absolute Gasteiger partial charge is 0.339 e. The lowest BCUT2D eigenvalue weighted by Gasteiger charge is -2.29. The fourth-order valence-electron chi connectivity index (χ4n) is 2.95. The summed E-state index contributed by atoms with van der Waals surface area (Å²) < 4.78 is 18.8. The standard InChI is InChI=1S/C18H12FNO4/c19-13-4-2-12(3-5-13)18(8-7-16(21)22)15-6-1-11(10-20)9-14(15)17(23)24-18/h1-6,9H,7-8H2,(H,21,22). The quantitative estimate of drug-likeness (QED) is 0.873. The van der Waals surface area contributed by atoms with E-state index >= 15 is 0 Å². The van der Waals surface area contributed by atoms with Gasteiger partial charge in [-0.2, -0.15) is 5.26 Å². The monoisotopic (exact) mass is 325 g/mol. The molecule has 6 heteroatoms. The van der Waals surface area contributed by atoms with Crippen molar-refractivity contribution in [2.24, 2.45) is 0 Å². The maximum absolute atomic E-state index is 13.2. The summed E-state index contributed by atoms with van der Waals surface area (Å²) in [6, 6.07) is 11.9. The van der Waals surface area contributed by atoms with Crippen molar-refractivity contribution in [2.45, 2.75) is 18.4 Å². The topological polar surface area (TPSA) is 87.4 Å². The van der Waals surface area contributed by atoms with Crippen molar-refractivity contribution in [2.75, 3.05) is 0 Å². The van der Waals surface area contributed by atoms with Crippen molar-refractivity contribution >= 4 is 11.9 Å². The first-order valence-corrected chi connectivity index (χ1v) is 7.22. The Morgan fingerprint density at radius 1 is 1.25 bits per heavy atom. The highest BCUT2D eigenvalue weighted by Crippen LogP contribution is 2.45. The minimum absolute atomic E-state index is 0.0125. The molecule has 2 aromatic carbocycles. The summed E-state index contributed by atoms with van der Waals surface area (Å²) in [6.07, 6.45) is -0.220. The van der Waals surface area contributed by atoms with Crippen LogP contribution < -0.4 is 0 Å². The number of rotatable bonds is 4. The molecule has 0 radical (unpaired) electrons. The molecule has 120 valence electrons. The number of carbonyl (C=O) groups is 2. The summed E-state index contributed by atoms with van der Waals surface area (Å²) in [5.74, 6) is -2.11. The van der Waals surface area contributed by atoms with Gasteiger partial charge in [0.25, 0.3) is 0 Å². The highest BCUT2D eigenvalue weighted by molar-refractivity contribution is 5.96. The Morgan fingerprint density at radius 2 is 1.96 bits per heavy atom. The van der Waals surface area contributed by atoms with Crippen LogP contribution in [0.4, 0.5) is 4.39 Å². The zero-order chi connectivity index (χ0) is 17.3. The van der Waals surface area contributed by atoms with Crippen LogP contribution in [0.25, 0.3) is 0 Å². The Kier molecular flexibility index (Phi) is 3.78. The molecule has 1 N–H and O–H groups in total. The van der Waals surface area contributed by atoms with Crippen LogP contribution in [-0.4, -0.2) is 17.0 Å². The van der Waals surface area contributed by atoms with Crippen LogP contribution in [-0.2, 0) is 15.1 Å². The van der Waals surface area contributed by atoms with Gasteiger partial charge in [0.1, 0.15) is 5.82 Å². The van der Waals surface area contributed by atoms with Gasteiger partial charge in [-0.3, -0.25) is 4.79 Å². The van der Waals surface area contributed by atoms with Crippen molar-refractivity contribution in [1.82, 2.24) is 0 Å². The van der Waals surface area contributed by atoms with Crippen LogP contribution in [0.1, 0.15) is 39.9 Å². The number of aliphatic carboxylic acids is 1. The zero-order valence-electron chi connectivity index (χ0n) is 12.5. The first-order valence-electron chi connectivity index (χ1n) is 7.22. The third-order valence-electron chi connectivity index (χ3n) is 4.07. The van der Waals surface area contributed by atoms with Crippen LogP contribution in [0, 0.1) is 17.1 Å². The van der Waals surface area contributed by atoms with E-state index < -0.39 is 23.4 Å². The molecule has 0 saturated heterocycles. The van der Waals surface area contributed by atoms with Crippen molar-refractivity contribution < 1.29 is 23.8 Å². The molecule has 24 heavy (non-hydrogen) atoms. The van der Waals surface area contributed by atoms with Gasteiger partial charge in [-0.25, -0.2) is 9.18 Å². The Hall–Kier alpha value is -3.20. The minimum Gasteiger partial charge on any atom is -0.481 e. The van der Waals surface area contributed by atoms with Gasteiger partial charge < -0.3 is 9.84 Å². The Labute approximate surface area is 136 Å². The van der Waals surface area contributed by atoms with Gasteiger partial charge in [-0.05, 0) is 24.3 Å². The van der Waals surface area contributed by atoms with Crippen LogP contribution in [0.5, 0.6) is 0 Å². The molecule has 3 rings (SSSR count). The molecule has 0 aromatic heterocycles. The normalized spacial score (nSPS) is 18.6. The molecule has 1 aliphatic rings. The van der Waals surface area contributed by atoms with E-state index in [1.807, 2.05) is 6.07 Å². The van der Waals surface area contributed by atoms with E-state index in [-0.39, 0.29) is 18.4 Å². The number of carboxylic acid groups (broad SMARTS) is 1. The van der Waals surface area contributed by atoms with Gasteiger partial charge in [0.2, 0.25) is 0 Å². The summed E-state index contributed by atoms with van der Waals surface area (Å²) in [5, 5.41) is 18.0. The molecule has 0 bridgehead atoms. The van der Waals surface area contributed by atoms with E-state index in [0.29, 0.717) is 16.7 Å². The van der Waals surface area contributed by atoms with Crippen molar-refractivity contribution in [3.8, 4) is 6.07 Å². The number of fused-ring (bicyclic) bond motifs is 1. The van der Waals surface area contributed by atoms with Crippen LogP contribution in [0.3, 0.4) is 0 Å². The molecular weight excluding hydrogens is 313 g/mol. The molecule has 0 aliphatic carbocycles. The number of carboxylic acids is 1. The molecule has 0 fully saturated rings. The lowest BCUT2D eigenvalue weighted by Crippen LogP contribution is -2.29. The van der Waals surface area contributed by atoms with Crippen LogP contribution in [0.15, 0.2) is 42.5 Å². The van der Waals surface area contributed by atoms with Crippen molar-refractivity contribution in [1.29, 1.82) is 5.26 Å². The number of hydrogen-bond donors (Lipinski definition) is 1. The molecule has 1 heterocycles. The highest BCUT2D eigenvalue weighted by atomic mass is 19.1. The number of benzene rings is 2.